The summed E-state index contributed by atoms with van der Waals surface area (Å²) < 4.78 is 7.70. The number of aromatic nitrogens is 5. The van der Waals surface area contributed by atoms with E-state index in [4.69, 9.17) is 4.74 Å². The van der Waals surface area contributed by atoms with Gasteiger partial charge in [-0.1, -0.05) is 12.8 Å². The van der Waals surface area contributed by atoms with Crippen molar-refractivity contribution in [3.05, 3.63) is 72.2 Å². The number of carbonyl (C=O) groups is 2. The molecule has 1 saturated heterocycles. The van der Waals surface area contributed by atoms with E-state index in [0.717, 1.165) is 54.6 Å². The molecule has 45 heavy (non-hydrogen) atoms. The first-order chi connectivity index (χ1) is 21.9. The minimum Gasteiger partial charge on any atom is -0.370 e. The zero-order valence-electron chi connectivity index (χ0n) is 25.9. The minimum atomic E-state index is -0.0460. The van der Waals surface area contributed by atoms with Crippen LogP contribution in [0.1, 0.15) is 67.3 Å². The van der Waals surface area contributed by atoms with Gasteiger partial charge in [0.05, 0.1) is 11.6 Å². The normalized spacial score (nSPS) is 22.4. The molecule has 2 saturated carbocycles. The van der Waals surface area contributed by atoms with E-state index in [1.54, 1.807) is 16.8 Å². The van der Waals surface area contributed by atoms with E-state index in [2.05, 4.69) is 37.2 Å². The Bertz CT molecular complexity index is 1680. The lowest BCUT2D eigenvalue weighted by Crippen LogP contribution is -2.60. The molecule has 3 fully saturated rings. The number of nitrogens with zero attached hydrogens (tertiary/aromatic N) is 7. The fourth-order valence-electron chi connectivity index (χ4n) is 6.92. The number of rotatable bonds is 8. The molecule has 0 bridgehead atoms. The second kappa shape index (κ2) is 12.6. The highest BCUT2D eigenvalue weighted by Crippen LogP contribution is 2.35. The number of anilines is 1. The van der Waals surface area contributed by atoms with Crippen molar-refractivity contribution >= 4 is 23.1 Å². The van der Waals surface area contributed by atoms with Gasteiger partial charge < -0.3 is 15.0 Å². The van der Waals surface area contributed by atoms with Crippen LogP contribution in [0.2, 0.25) is 0 Å². The summed E-state index contributed by atoms with van der Waals surface area (Å²) in [5, 5.41) is 7.60. The van der Waals surface area contributed by atoms with E-state index in [9.17, 15) is 9.59 Å². The molecule has 1 aliphatic heterocycles. The van der Waals surface area contributed by atoms with Gasteiger partial charge in [-0.25, -0.2) is 14.5 Å². The molecular weight excluding hydrogens is 568 g/mol. The second-order valence-corrected chi connectivity index (χ2v) is 12.8. The number of piperazine rings is 1. The van der Waals surface area contributed by atoms with Crippen LogP contribution in [0, 0.1) is 12.8 Å². The van der Waals surface area contributed by atoms with Crippen LogP contribution < -0.4 is 5.32 Å². The van der Waals surface area contributed by atoms with Gasteiger partial charge in [0.2, 0.25) is 5.91 Å². The number of nitrogens with one attached hydrogen (secondary N) is 1. The largest absolute Gasteiger partial charge is 0.370 e. The molecule has 1 N–H and O–H groups in total. The summed E-state index contributed by atoms with van der Waals surface area (Å²) in [4.78, 5) is 43.7. The molecule has 0 spiro atoms. The molecule has 11 heteroatoms. The van der Waals surface area contributed by atoms with E-state index in [1.807, 2.05) is 54.7 Å². The molecule has 7 rings (SSSR count). The summed E-state index contributed by atoms with van der Waals surface area (Å²) in [5.74, 6) is 1.26. The number of amides is 2. The van der Waals surface area contributed by atoms with Gasteiger partial charge in [0.1, 0.15) is 6.61 Å². The van der Waals surface area contributed by atoms with Gasteiger partial charge in [-0.3, -0.25) is 19.5 Å². The van der Waals surface area contributed by atoms with Crippen LogP contribution in [0.5, 0.6) is 0 Å². The smallest absolute Gasteiger partial charge is 0.254 e. The lowest BCUT2D eigenvalue weighted by Gasteiger charge is -2.49. The highest BCUT2D eigenvalue weighted by atomic mass is 16.5. The van der Waals surface area contributed by atoms with Crippen molar-refractivity contribution < 1.29 is 14.3 Å². The van der Waals surface area contributed by atoms with Crippen molar-refractivity contribution in [1.82, 2.24) is 34.4 Å². The number of pyridine rings is 2. The molecule has 1 atom stereocenters. The maximum absolute atomic E-state index is 13.1. The molecule has 11 nitrogen and oxygen atoms in total. The Balaban J connectivity index is 0.904. The molecule has 0 aromatic carbocycles. The van der Waals surface area contributed by atoms with Crippen molar-refractivity contribution in [2.45, 2.75) is 77.2 Å². The molecule has 4 aromatic heterocycles. The van der Waals surface area contributed by atoms with E-state index in [1.165, 1.54) is 12.8 Å². The monoisotopic (exact) mass is 608 g/mol. The van der Waals surface area contributed by atoms with Gasteiger partial charge in [-0.05, 0) is 69.4 Å². The summed E-state index contributed by atoms with van der Waals surface area (Å²) in [6.07, 6.45) is 13.9. The Morgan fingerprint density at radius 2 is 1.80 bits per heavy atom. The molecule has 5 heterocycles. The molecule has 0 radical (unpaired) electrons. The fourth-order valence-corrected chi connectivity index (χ4v) is 6.92. The first-order valence-electron chi connectivity index (χ1n) is 16.1. The third-order valence-electron chi connectivity index (χ3n) is 9.57. The zero-order valence-corrected chi connectivity index (χ0v) is 25.9. The molecule has 3 aliphatic rings. The van der Waals surface area contributed by atoms with Gasteiger partial charge in [-0.15, -0.1) is 0 Å². The van der Waals surface area contributed by atoms with Gasteiger partial charge in [0, 0.05) is 85.3 Å². The van der Waals surface area contributed by atoms with Crippen molar-refractivity contribution in [1.29, 1.82) is 0 Å². The van der Waals surface area contributed by atoms with Crippen molar-refractivity contribution in [2.75, 3.05) is 25.0 Å². The molecule has 4 aromatic rings. The first kappa shape index (κ1) is 29.5. The van der Waals surface area contributed by atoms with Crippen LogP contribution in [0.15, 0.2) is 55.1 Å². The van der Waals surface area contributed by atoms with Crippen LogP contribution in [-0.4, -0.2) is 84.0 Å². The Kier molecular flexibility index (Phi) is 8.29. The Morgan fingerprint density at radius 1 is 1.00 bits per heavy atom. The predicted octanol–water partition coefficient (Wildman–Crippen LogP) is 4.52. The molecular formula is C34H40N8O3. The number of hydrogen-bond donors (Lipinski definition) is 1. The maximum Gasteiger partial charge on any atom is 0.254 e. The Labute approximate surface area is 263 Å². The maximum atomic E-state index is 13.1. The lowest BCUT2D eigenvalue weighted by atomic mass is 9.78. The van der Waals surface area contributed by atoms with E-state index in [0.29, 0.717) is 49.0 Å². The van der Waals surface area contributed by atoms with Crippen molar-refractivity contribution in [3.8, 4) is 11.1 Å². The summed E-state index contributed by atoms with van der Waals surface area (Å²) in [7, 11) is 0. The van der Waals surface area contributed by atoms with Gasteiger partial charge in [-0.2, -0.15) is 5.10 Å². The topological polar surface area (TPSA) is 118 Å². The third kappa shape index (κ3) is 6.46. The Hall–Kier alpha value is -4.22. The van der Waals surface area contributed by atoms with Crippen LogP contribution >= 0.6 is 0 Å². The standard InChI is InChI=1S/C34H40N8O3/c1-22-13-25(7-9-35-22)34(44)40-11-12-41(23(2)20-40)28-15-26(16-28)33(43)38-31-17-29-14-24(8-10-42(29)39-31)27-18-36-32(37-19-27)21-45-30-5-3-4-6-30/h7-10,13-14,17-19,23,26,28,30H,3-6,11-12,15-16,20-21H2,1-2H3,(H,38,39,43). The van der Waals surface area contributed by atoms with Gasteiger partial charge in [0.25, 0.3) is 5.91 Å². The second-order valence-electron chi connectivity index (χ2n) is 12.8. The zero-order chi connectivity index (χ0) is 30.9. The van der Waals surface area contributed by atoms with E-state index < -0.39 is 0 Å². The SMILES string of the molecule is Cc1cc(C(=O)N2CCN(C3CC(C(=O)Nc4cc5cc(-c6cnc(COC7CCCC7)nc6)ccn5n4)C3)C(C)C2)ccn1. The molecule has 1 unspecified atom stereocenters. The summed E-state index contributed by atoms with van der Waals surface area (Å²) in [6.45, 7) is 6.69. The van der Waals surface area contributed by atoms with Crippen molar-refractivity contribution in [2.24, 2.45) is 5.92 Å². The highest BCUT2D eigenvalue weighted by Gasteiger charge is 2.41. The van der Waals surface area contributed by atoms with Gasteiger partial charge >= 0.3 is 0 Å². The van der Waals surface area contributed by atoms with Crippen LogP contribution in [-0.2, 0) is 16.1 Å². The van der Waals surface area contributed by atoms with Gasteiger partial charge in [0.15, 0.2) is 11.6 Å². The number of carbonyl (C=O) groups excluding carboxylic acids is 2. The number of ether oxygens (including phenoxy) is 1. The fraction of sp³-hybridized carbons (Fsp3) is 0.471. The molecule has 2 aliphatic carbocycles. The average molecular weight is 609 g/mol. The van der Waals surface area contributed by atoms with E-state index >= 15 is 0 Å². The summed E-state index contributed by atoms with van der Waals surface area (Å²) in [6, 6.07) is 10.1. The first-order valence-corrected chi connectivity index (χ1v) is 16.1. The Morgan fingerprint density at radius 3 is 2.56 bits per heavy atom. The van der Waals surface area contributed by atoms with Crippen LogP contribution in [0.25, 0.3) is 16.6 Å². The van der Waals surface area contributed by atoms with E-state index in [-0.39, 0.29) is 23.8 Å². The van der Waals surface area contributed by atoms with Crippen LogP contribution in [0.4, 0.5) is 5.82 Å². The molecule has 234 valence electrons. The highest BCUT2D eigenvalue weighted by molar-refractivity contribution is 5.94. The van der Waals surface area contributed by atoms with Crippen molar-refractivity contribution in [3.63, 3.8) is 0 Å². The summed E-state index contributed by atoms with van der Waals surface area (Å²) in [5.41, 5.74) is 4.32. The number of hydrogen-bond acceptors (Lipinski definition) is 8. The third-order valence-corrected chi connectivity index (χ3v) is 9.57. The predicted molar refractivity (Wildman–Crippen MR) is 169 cm³/mol. The molecule has 2 amide bonds. The van der Waals surface area contributed by atoms with Crippen LogP contribution in [0.3, 0.4) is 0 Å². The quantitative estimate of drug-likeness (QED) is 0.310. The number of fused-ring (bicyclic) bond motifs is 1. The average Bonchev–Trinajstić information content (AvgIpc) is 3.69. The number of aryl methyl sites for hydroxylation is 1. The summed E-state index contributed by atoms with van der Waals surface area (Å²) >= 11 is 0. The minimum absolute atomic E-state index is 0.00761. The lowest BCUT2D eigenvalue weighted by molar-refractivity contribution is -0.125.